The van der Waals surface area contributed by atoms with Crippen LogP contribution in [-0.2, 0) is 16.1 Å². The van der Waals surface area contributed by atoms with Gasteiger partial charge in [0.1, 0.15) is 6.04 Å². The lowest BCUT2D eigenvalue weighted by atomic mass is 10.2. The largest absolute Gasteiger partial charge is 0.478 e. The fourth-order valence-corrected chi connectivity index (χ4v) is 2.70. The number of aromatic nitrogens is 3. The summed E-state index contributed by atoms with van der Waals surface area (Å²) < 4.78 is 10.5. The molecule has 1 unspecified atom stereocenters. The van der Waals surface area contributed by atoms with Crippen molar-refractivity contribution in [3.8, 4) is 17.3 Å². The van der Waals surface area contributed by atoms with Crippen molar-refractivity contribution in [2.45, 2.75) is 32.9 Å². The molecule has 9 nitrogen and oxygen atoms in total. The number of ether oxygens (including phenoxy) is 1. The third kappa shape index (κ3) is 6.55. The number of carbonyl (C=O) groups is 2. The highest BCUT2D eigenvalue weighted by Gasteiger charge is 2.19. The van der Waals surface area contributed by atoms with Gasteiger partial charge in [0.15, 0.2) is 0 Å². The Morgan fingerprint density at radius 2 is 2.19 bits per heavy atom. The molecule has 0 aliphatic rings. The summed E-state index contributed by atoms with van der Waals surface area (Å²) >= 11 is 1.61. The number of nitrogens with zero attached hydrogens (tertiary/aromatic N) is 3. The monoisotopic (exact) mass is 393 g/mol. The van der Waals surface area contributed by atoms with Gasteiger partial charge in [0.05, 0.1) is 13.2 Å². The van der Waals surface area contributed by atoms with Crippen molar-refractivity contribution < 1.29 is 18.8 Å². The van der Waals surface area contributed by atoms with Crippen LogP contribution in [0.2, 0.25) is 0 Å². The molecule has 2 rings (SSSR count). The van der Waals surface area contributed by atoms with Gasteiger partial charge in [-0.15, -0.1) is 0 Å². The van der Waals surface area contributed by atoms with Gasteiger partial charge in [0.25, 0.3) is 0 Å². The lowest BCUT2D eigenvalue weighted by Crippen LogP contribution is -2.46. The first-order valence-electron chi connectivity index (χ1n) is 8.49. The molecule has 0 aliphatic carbocycles. The van der Waals surface area contributed by atoms with Crippen LogP contribution < -0.4 is 15.4 Å². The van der Waals surface area contributed by atoms with Gasteiger partial charge < -0.3 is 19.9 Å². The second-order valence-corrected chi connectivity index (χ2v) is 6.57. The Balaban J connectivity index is 1.94. The SMILES string of the molecule is CCOc1ccc(-c2noc(CNC(=O)C(CCSC)NC(C)=O)n2)cn1. The van der Waals surface area contributed by atoms with Gasteiger partial charge in [-0.25, -0.2) is 4.98 Å². The maximum absolute atomic E-state index is 12.3. The Kier molecular flexibility index (Phi) is 8.05. The van der Waals surface area contributed by atoms with Crippen LogP contribution in [0, 0.1) is 0 Å². The third-order valence-electron chi connectivity index (χ3n) is 3.47. The first-order chi connectivity index (χ1) is 13.0. The van der Waals surface area contributed by atoms with Crippen molar-refractivity contribution in [3.05, 3.63) is 24.2 Å². The number of pyridine rings is 1. The first kappa shape index (κ1) is 20.7. The van der Waals surface area contributed by atoms with E-state index in [4.69, 9.17) is 9.26 Å². The van der Waals surface area contributed by atoms with Crippen molar-refractivity contribution in [1.29, 1.82) is 0 Å². The predicted octanol–water partition coefficient (Wildman–Crippen LogP) is 1.40. The molecule has 2 aromatic heterocycles. The number of rotatable bonds is 10. The van der Waals surface area contributed by atoms with Gasteiger partial charge in [-0.2, -0.15) is 16.7 Å². The number of hydrogen-bond acceptors (Lipinski definition) is 8. The topological polar surface area (TPSA) is 119 Å². The minimum absolute atomic E-state index is 0.0750. The lowest BCUT2D eigenvalue weighted by Gasteiger charge is -2.16. The fourth-order valence-electron chi connectivity index (χ4n) is 2.23. The average Bonchev–Trinajstić information content (AvgIpc) is 3.13. The number of nitrogens with one attached hydrogen (secondary N) is 2. The maximum atomic E-state index is 12.3. The third-order valence-corrected chi connectivity index (χ3v) is 4.12. The summed E-state index contributed by atoms with van der Waals surface area (Å²) in [6.07, 6.45) is 4.07. The van der Waals surface area contributed by atoms with Gasteiger partial charge in [-0.05, 0) is 31.4 Å². The fraction of sp³-hybridized carbons (Fsp3) is 0.471. The van der Waals surface area contributed by atoms with E-state index in [0.717, 1.165) is 5.75 Å². The lowest BCUT2D eigenvalue weighted by molar-refractivity contribution is -0.128. The van der Waals surface area contributed by atoms with E-state index >= 15 is 0 Å². The van der Waals surface area contributed by atoms with Crippen molar-refractivity contribution in [2.75, 3.05) is 18.6 Å². The van der Waals surface area contributed by atoms with Gasteiger partial charge in [-0.1, -0.05) is 5.16 Å². The summed E-state index contributed by atoms with van der Waals surface area (Å²) in [7, 11) is 0. The Bertz CT molecular complexity index is 750. The van der Waals surface area contributed by atoms with Crippen molar-refractivity contribution in [1.82, 2.24) is 25.8 Å². The van der Waals surface area contributed by atoms with E-state index in [0.29, 0.717) is 30.3 Å². The average molecular weight is 393 g/mol. The van der Waals surface area contributed by atoms with Crippen LogP contribution >= 0.6 is 11.8 Å². The summed E-state index contributed by atoms with van der Waals surface area (Å²) in [5, 5.41) is 9.25. The summed E-state index contributed by atoms with van der Waals surface area (Å²) in [5.41, 5.74) is 0.677. The van der Waals surface area contributed by atoms with Gasteiger partial charge in [0.2, 0.25) is 29.4 Å². The zero-order valence-corrected chi connectivity index (χ0v) is 16.3. The Hall–Kier alpha value is -2.62. The molecule has 0 bridgehead atoms. The molecule has 0 radical (unpaired) electrons. The molecule has 0 spiro atoms. The highest BCUT2D eigenvalue weighted by Crippen LogP contribution is 2.17. The van der Waals surface area contributed by atoms with Gasteiger partial charge >= 0.3 is 0 Å². The Morgan fingerprint density at radius 1 is 1.37 bits per heavy atom. The summed E-state index contributed by atoms with van der Waals surface area (Å²) in [4.78, 5) is 31.9. The van der Waals surface area contributed by atoms with Crippen LogP contribution in [0.15, 0.2) is 22.9 Å². The molecular weight excluding hydrogens is 370 g/mol. The van der Waals surface area contributed by atoms with Crippen LogP contribution in [0.5, 0.6) is 5.88 Å². The maximum Gasteiger partial charge on any atom is 0.246 e. The smallest absolute Gasteiger partial charge is 0.246 e. The summed E-state index contributed by atoms with van der Waals surface area (Å²) in [6.45, 7) is 3.88. The molecular formula is C17H23N5O4S. The van der Waals surface area contributed by atoms with E-state index in [9.17, 15) is 9.59 Å². The van der Waals surface area contributed by atoms with Gasteiger partial charge in [-0.3, -0.25) is 9.59 Å². The zero-order valence-electron chi connectivity index (χ0n) is 15.5. The minimum Gasteiger partial charge on any atom is -0.478 e. The van der Waals surface area contributed by atoms with E-state index in [2.05, 4.69) is 25.8 Å². The Labute approximate surface area is 161 Å². The van der Waals surface area contributed by atoms with Crippen molar-refractivity contribution >= 4 is 23.6 Å². The molecule has 0 saturated carbocycles. The van der Waals surface area contributed by atoms with Crippen LogP contribution in [0.1, 0.15) is 26.2 Å². The molecule has 1 atom stereocenters. The van der Waals surface area contributed by atoms with Crippen LogP contribution in [0.4, 0.5) is 0 Å². The molecule has 146 valence electrons. The van der Waals surface area contributed by atoms with E-state index in [1.54, 1.807) is 30.1 Å². The van der Waals surface area contributed by atoms with Crippen LogP contribution in [-0.4, -0.2) is 51.6 Å². The summed E-state index contributed by atoms with van der Waals surface area (Å²) in [5.74, 6) is 1.37. The molecule has 2 aromatic rings. The second kappa shape index (κ2) is 10.5. The number of hydrogen-bond donors (Lipinski definition) is 2. The van der Waals surface area contributed by atoms with E-state index < -0.39 is 6.04 Å². The first-order valence-corrected chi connectivity index (χ1v) is 9.88. The van der Waals surface area contributed by atoms with E-state index in [1.165, 1.54) is 6.92 Å². The van der Waals surface area contributed by atoms with Crippen molar-refractivity contribution in [3.63, 3.8) is 0 Å². The predicted molar refractivity (Wildman–Crippen MR) is 101 cm³/mol. The minimum atomic E-state index is -0.590. The number of thioether (sulfide) groups is 1. The molecule has 0 aliphatic heterocycles. The number of amides is 2. The quantitative estimate of drug-likeness (QED) is 0.622. The molecule has 0 aromatic carbocycles. The van der Waals surface area contributed by atoms with Crippen LogP contribution in [0.25, 0.3) is 11.4 Å². The van der Waals surface area contributed by atoms with E-state index in [-0.39, 0.29) is 24.2 Å². The Morgan fingerprint density at radius 3 is 2.81 bits per heavy atom. The standard InChI is InChI=1S/C17H23N5O4S/c1-4-25-14-6-5-12(9-18-14)16-21-15(26-22-16)10-19-17(24)13(7-8-27-3)20-11(2)23/h5-6,9,13H,4,7-8,10H2,1-3H3,(H,19,24)(H,20,23). The molecule has 0 fully saturated rings. The highest BCUT2D eigenvalue weighted by atomic mass is 32.2. The second-order valence-electron chi connectivity index (χ2n) is 5.58. The summed E-state index contributed by atoms with van der Waals surface area (Å²) in [6, 6.07) is 2.91. The zero-order chi connectivity index (χ0) is 19.6. The molecule has 2 N–H and O–H groups in total. The molecule has 0 saturated heterocycles. The molecule has 2 amide bonds. The van der Waals surface area contributed by atoms with E-state index in [1.807, 2.05) is 13.2 Å². The van der Waals surface area contributed by atoms with Gasteiger partial charge in [0, 0.05) is 24.8 Å². The van der Waals surface area contributed by atoms with Crippen molar-refractivity contribution in [2.24, 2.45) is 0 Å². The molecule has 27 heavy (non-hydrogen) atoms. The molecule has 10 heteroatoms. The highest BCUT2D eigenvalue weighted by molar-refractivity contribution is 7.98. The normalized spacial score (nSPS) is 11.7. The van der Waals surface area contributed by atoms with Crippen LogP contribution in [0.3, 0.4) is 0 Å². The molecule has 2 heterocycles. The number of carbonyl (C=O) groups excluding carboxylic acids is 2.